The molecular weight excluding hydrogens is 413 g/mol. The summed E-state index contributed by atoms with van der Waals surface area (Å²) in [7, 11) is 4.22. The van der Waals surface area contributed by atoms with Crippen LogP contribution in [0, 0.1) is 5.92 Å². The van der Waals surface area contributed by atoms with Gasteiger partial charge in [-0.1, -0.05) is 48.3 Å². The third-order valence-electron chi connectivity index (χ3n) is 5.25. The van der Waals surface area contributed by atoms with E-state index in [-0.39, 0.29) is 0 Å². The number of hydrogen-bond donors (Lipinski definition) is 0. The number of rotatable bonds is 6. The van der Waals surface area contributed by atoms with Gasteiger partial charge in [0.1, 0.15) is 0 Å². The molecular formula is C25H25Cl2N3. The van der Waals surface area contributed by atoms with Crippen LogP contribution in [-0.4, -0.2) is 35.1 Å². The van der Waals surface area contributed by atoms with Crippen molar-refractivity contribution in [2.45, 2.75) is 13.5 Å². The molecule has 154 valence electrons. The lowest BCUT2D eigenvalue weighted by molar-refractivity contribution is 0.318. The van der Waals surface area contributed by atoms with Crippen LogP contribution in [0.1, 0.15) is 6.92 Å². The van der Waals surface area contributed by atoms with Crippen LogP contribution in [0.4, 0.5) is 0 Å². The van der Waals surface area contributed by atoms with Gasteiger partial charge in [-0.3, -0.25) is 4.98 Å². The van der Waals surface area contributed by atoms with E-state index in [0.717, 1.165) is 51.3 Å². The third kappa shape index (κ3) is 4.39. The molecule has 2 heterocycles. The Morgan fingerprint density at radius 1 is 0.967 bits per heavy atom. The third-order valence-corrected chi connectivity index (χ3v) is 5.80. The molecule has 0 radical (unpaired) electrons. The quantitative estimate of drug-likeness (QED) is 0.327. The van der Waals surface area contributed by atoms with E-state index in [9.17, 15) is 0 Å². The molecule has 0 bridgehead atoms. The number of benzene rings is 2. The first-order chi connectivity index (χ1) is 14.4. The Morgan fingerprint density at radius 2 is 1.73 bits per heavy atom. The molecule has 2 aromatic heterocycles. The Kier molecular flexibility index (Phi) is 6.14. The molecule has 0 amide bonds. The maximum absolute atomic E-state index is 6.66. The van der Waals surface area contributed by atoms with Crippen LogP contribution in [-0.2, 0) is 6.54 Å². The topological polar surface area (TPSA) is 21.1 Å². The van der Waals surface area contributed by atoms with Crippen LogP contribution in [0.2, 0.25) is 10.0 Å². The predicted molar refractivity (Wildman–Crippen MR) is 128 cm³/mol. The van der Waals surface area contributed by atoms with Gasteiger partial charge in [-0.25, -0.2) is 0 Å². The molecule has 2 aromatic carbocycles. The number of aromatic nitrogens is 2. The molecule has 30 heavy (non-hydrogen) atoms. The fraction of sp³-hybridized carbons (Fsp3) is 0.240. The standard InChI is InChI=1S/C25H25Cl2N3/c1-17(14-29(2)3)15-30-16-22(25-23(27)8-5-9-24(25)30)20-10-19(12-28-13-20)18-6-4-7-21(26)11-18/h4-13,16-17H,14-15H2,1-3H3. The van der Waals surface area contributed by atoms with Gasteiger partial charge in [-0.15, -0.1) is 0 Å². The van der Waals surface area contributed by atoms with Crippen molar-refractivity contribution in [3.05, 3.63) is 77.2 Å². The average Bonchev–Trinajstić information content (AvgIpc) is 3.07. The van der Waals surface area contributed by atoms with Gasteiger partial charge in [-0.2, -0.15) is 0 Å². The Balaban J connectivity index is 1.80. The average molecular weight is 438 g/mol. The van der Waals surface area contributed by atoms with Crippen molar-refractivity contribution in [1.82, 2.24) is 14.5 Å². The molecule has 0 aliphatic carbocycles. The Bertz CT molecular complexity index is 1180. The summed E-state index contributed by atoms with van der Waals surface area (Å²) in [6.07, 6.45) is 5.98. The molecule has 4 aromatic rings. The van der Waals surface area contributed by atoms with Crippen LogP contribution in [0.15, 0.2) is 67.1 Å². The van der Waals surface area contributed by atoms with Crippen molar-refractivity contribution in [3.8, 4) is 22.3 Å². The van der Waals surface area contributed by atoms with Crippen LogP contribution in [0.5, 0.6) is 0 Å². The molecule has 1 atom stereocenters. The van der Waals surface area contributed by atoms with Gasteiger partial charge in [0.2, 0.25) is 0 Å². The van der Waals surface area contributed by atoms with Gasteiger partial charge in [0.05, 0.1) is 10.5 Å². The van der Waals surface area contributed by atoms with E-state index in [2.05, 4.69) is 53.8 Å². The minimum absolute atomic E-state index is 0.512. The highest BCUT2D eigenvalue weighted by molar-refractivity contribution is 6.36. The molecule has 0 saturated heterocycles. The van der Waals surface area contributed by atoms with E-state index in [1.807, 2.05) is 48.8 Å². The Morgan fingerprint density at radius 3 is 2.50 bits per heavy atom. The first-order valence-electron chi connectivity index (χ1n) is 10.1. The maximum atomic E-state index is 6.66. The summed E-state index contributed by atoms with van der Waals surface area (Å²) in [6, 6.07) is 16.1. The van der Waals surface area contributed by atoms with Gasteiger partial charge < -0.3 is 9.47 Å². The van der Waals surface area contributed by atoms with E-state index in [0.29, 0.717) is 10.9 Å². The second kappa shape index (κ2) is 8.81. The monoisotopic (exact) mass is 437 g/mol. The number of halogens is 2. The summed E-state index contributed by atoms with van der Waals surface area (Å²) >= 11 is 12.9. The number of pyridine rings is 1. The lowest BCUT2D eigenvalue weighted by Crippen LogP contribution is -2.22. The van der Waals surface area contributed by atoms with Crippen molar-refractivity contribution in [1.29, 1.82) is 0 Å². The van der Waals surface area contributed by atoms with Gasteiger partial charge in [0.25, 0.3) is 0 Å². The zero-order chi connectivity index (χ0) is 21.3. The highest BCUT2D eigenvalue weighted by Crippen LogP contribution is 2.37. The molecule has 1 unspecified atom stereocenters. The van der Waals surface area contributed by atoms with Crippen molar-refractivity contribution in [3.63, 3.8) is 0 Å². The molecule has 0 fully saturated rings. The molecule has 0 aliphatic rings. The van der Waals surface area contributed by atoms with Crippen LogP contribution in [0.3, 0.4) is 0 Å². The second-order valence-electron chi connectivity index (χ2n) is 8.17. The van der Waals surface area contributed by atoms with Crippen LogP contribution < -0.4 is 0 Å². The second-order valence-corrected chi connectivity index (χ2v) is 9.01. The minimum Gasteiger partial charge on any atom is -0.346 e. The molecule has 3 nitrogen and oxygen atoms in total. The fourth-order valence-electron chi connectivity index (χ4n) is 4.11. The van der Waals surface area contributed by atoms with Crippen molar-refractivity contribution >= 4 is 34.1 Å². The van der Waals surface area contributed by atoms with Gasteiger partial charge in [0.15, 0.2) is 0 Å². The van der Waals surface area contributed by atoms with Crippen LogP contribution >= 0.6 is 23.2 Å². The SMILES string of the molecule is CC(CN(C)C)Cn1cc(-c2cncc(-c3cccc(Cl)c3)c2)c2c(Cl)cccc21. The van der Waals surface area contributed by atoms with Gasteiger partial charge in [-0.05, 0) is 55.9 Å². The van der Waals surface area contributed by atoms with Crippen molar-refractivity contribution in [2.75, 3.05) is 20.6 Å². The zero-order valence-corrected chi connectivity index (χ0v) is 19.0. The Hall–Kier alpha value is -2.33. The fourth-order valence-corrected chi connectivity index (χ4v) is 4.57. The van der Waals surface area contributed by atoms with Crippen molar-refractivity contribution in [2.24, 2.45) is 5.92 Å². The molecule has 5 heteroatoms. The number of fused-ring (bicyclic) bond motifs is 1. The summed E-state index contributed by atoms with van der Waals surface area (Å²) in [5.41, 5.74) is 5.38. The number of nitrogens with zero attached hydrogens (tertiary/aromatic N) is 3. The molecule has 0 saturated carbocycles. The van der Waals surface area contributed by atoms with Gasteiger partial charge in [0, 0.05) is 58.8 Å². The number of hydrogen-bond acceptors (Lipinski definition) is 2. The zero-order valence-electron chi connectivity index (χ0n) is 17.4. The summed E-state index contributed by atoms with van der Waals surface area (Å²) in [6.45, 7) is 4.23. The van der Waals surface area contributed by atoms with Gasteiger partial charge >= 0.3 is 0 Å². The summed E-state index contributed by atoms with van der Waals surface area (Å²) in [5.74, 6) is 0.512. The summed E-state index contributed by atoms with van der Waals surface area (Å²) < 4.78 is 2.32. The summed E-state index contributed by atoms with van der Waals surface area (Å²) in [5, 5.41) is 2.54. The van der Waals surface area contributed by atoms with E-state index < -0.39 is 0 Å². The molecule has 0 N–H and O–H groups in total. The molecule has 4 rings (SSSR count). The maximum Gasteiger partial charge on any atom is 0.0506 e. The summed E-state index contributed by atoms with van der Waals surface area (Å²) in [4.78, 5) is 6.74. The lowest BCUT2D eigenvalue weighted by Gasteiger charge is -2.18. The first kappa shape index (κ1) is 20.9. The normalized spacial score (nSPS) is 12.6. The molecule has 0 aliphatic heterocycles. The van der Waals surface area contributed by atoms with E-state index in [1.165, 1.54) is 0 Å². The lowest BCUT2D eigenvalue weighted by atomic mass is 10.0. The minimum atomic E-state index is 0.512. The van der Waals surface area contributed by atoms with Crippen LogP contribution in [0.25, 0.3) is 33.2 Å². The van der Waals surface area contributed by atoms with E-state index in [1.54, 1.807) is 0 Å². The first-order valence-corrected chi connectivity index (χ1v) is 10.8. The molecule has 0 spiro atoms. The predicted octanol–water partition coefficient (Wildman–Crippen LogP) is 6.87. The van der Waals surface area contributed by atoms with E-state index in [4.69, 9.17) is 23.2 Å². The highest BCUT2D eigenvalue weighted by atomic mass is 35.5. The Labute approximate surface area is 187 Å². The smallest absolute Gasteiger partial charge is 0.0506 e. The van der Waals surface area contributed by atoms with Crippen molar-refractivity contribution < 1.29 is 0 Å². The largest absolute Gasteiger partial charge is 0.346 e. The van der Waals surface area contributed by atoms with E-state index >= 15 is 0 Å². The highest BCUT2D eigenvalue weighted by Gasteiger charge is 2.16.